The van der Waals surface area contributed by atoms with Crippen LogP contribution in [0.5, 0.6) is 0 Å². The van der Waals surface area contributed by atoms with Gasteiger partial charge in [-0.3, -0.25) is 0 Å². The van der Waals surface area contributed by atoms with Gasteiger partial charge in [0.05, 0.1) is 22.3 Å². The minimum atomic E-state index is -3.63. The SMILES string of the molecule is CCOC[C@@]1(N)[C@@H](c2ccc(F)cc2)[C@@H]1S(=O)(=O)c1ccc(C)cc1. The minimum Gasteiger partial charge on any atom is -0.380 e. The molecule has 6 heteroatoms. The van der Waals surface area contributed by atoms with Crippen molar-refractivity contribution in [1.82, 2.24) is 0 Å². The number of aryl methyl sites for hydroxylation is 1. The first kappa shape index (κ1) is 18.0. The van der Waals surface area contributed by atoms with Crippen LogP contribution in [-0.2, 0) is 14.6 Å². The molecule has 0 spiro atoms. The van der Waals surface area contributed by atoms with E-state index in [2.05, 4.69) is 0 Å². The smallest absolute Gasteiger partial charge is 0.183 e. The van der Waals surface area contributed by atoms with Gasteiger partial charge in [-0.1, -0.05) is 29.8 Å². The van der Waals surface area contributed by atoms with Crippen LogP contribution in [-0.4, -0.2) is 32.4 Å². The maximum absolute atomic E-state index is 13.2. The first-order valence-corrected chi connectivity index (χ1v) is 9.78. The minimum absolute atomic E-state index is 0.140. The molecule has 25 heavy (non-hydrogen) atoms. The fourth-order valence-corrected chi connectivity index (χ4v) is 5.66. The van der Waals surface area contributed by atoms with E-state index in [1.54, 1.807) is 36.4 Å². The van der Waals surface area contributed by atoms with Crippen LogP contribution in [0.15, 0.2) is 53.4 Å². The van der Waals surface area contributed by atoms with Gasteiger partial charge in [-0.2, -0.15) is 0 Å². The van der Waals surface area contributed by atoms with Crippen LogP contribution >= 0.6 is 0 Å². The van der Waals surface area contributed by atoms with E-state index in [4.69, 9.17) is 10.5 Å². The molecule has 0 amide bonds. The van der Waals surface area contributed by atoms with Crippen molar-refractivity contribution in [3.8, 4) is 0 Å². The molecule has 0 unspecified atom stereocenters. The highest BCUT2D eigenvalue weighted by molar-refractivity contribution is 7.92. The van der Waals surface area contributed by atoms with Gasteiger partial charge in [-0.25, -0.2) is 12.8 Å². The van der Waals surface area contributed by atoms with Gasteiger partial charge in [0.25, 0.3) is 0 Å². The molecule has 134 valence electrons. The topological polar surface area (TPSA) is 69.4 Å². The summed E-state index contributed by atoms with van der Waals surface area (Å²) in [5, 5.41) is -0.792. The van der Waals surface area contributed by atoms with Crippen LogP contribution in [0.2, 0.25) is 0 Å². The largest absolute Gasteiger partial charge is 0.380 e. The summed E-state index contributed by atoms with van der Waals surface area (Å²) in [6.45, 7) is 4.33. The quantitative estimate of drug-likeness (QED) is 0.857. The summed E-state index contributed by atoms with van der Waals surface area (Å²) in [4.78, 5) is 0.249. The molecule has 1 aliphatic rings. The summed E-state index contributed by atoms with van der Waals surface area (Å²) >= 11 is 0. The molecule has 1 fully saturated rings. The number of halogens is 1. The van der Waals surface area contributed by atoms with Crippen molar-refractivity contribution in [2.45, 2.75) is 35.4 Å². The second-order valence-corrected chi connectivity index (χ2v) is 8.63. The van der Waals surface area contributed by atoms with E-state index >= 15 is 0 Å². The Labute approximate surface area is 147 Å². The highest BCUT2D eigenvalue weighted by atomic mass is 32.2. The molecule has 0 radical (unpaired) electrons. The molecule has 3 atom stereocenters. The molecule has 0 aromatic heterocycles. The van der Waals surface area contributed by atoms with Gasteiger partial charge in [-0.05, 0) is 43.7 Å². The first-order chi connectivity index (χ1) is 11.8. The van der Waals surface area contributed by atoms with E-state index < -0.39 is 26.5 Å². The van der Waals surface area contributed by atoms with Gasteiger partial charge in [0.15, 0.2) is 9.84 Å². The lowest BCUT2D eigenvalue weighted by atomic mass is 10.1. The fourth-order valence-electron chi connectivity index (χ4n) is 3.37. The summed E-state index contributed by atoms with van der Waals surface area (Å²) in [7, 11) is -3.63. The van der Waals surface area contributed by atoms with Crippen LogP contribution in [0.4, 0.5) is 4.39 Å². The maximum Gasteiger partial charge on any atom is 0.183 e. The van der Waals surface area contributed by atoms with E-state index in [9.17, 15) is 12.8 Å². The molecule has 1 aliphatic carbocycles. The molecule has 0 saturated heterocycles. The van der Waals surface area contributed by atoms with Gasteiger partial charge >= 0.3 is 0 Å². The molecule has 2 aromatic carbocycles. The van der Waals surface area contributed by atoms with Crippen molar-refractivity contribution in [1.29, 1.82) is 0 Å². The Hall–Kier alpha value is -1.76. The Kier molecular flexibility index (Phi) is 4.70. The number of rotatable bonds is 6. The lowest BCUT2D eigenvalue weighted by Crippen LogP contribution is -2.36. The van der Waals surface area contributed by atoms with Gasteiger partial charge in [0.2, 0.25) is 0 Å². The van der Waals surface area contributed by atoms with Crippen molar-refractivity contribution >= 4 is 9.84 Å². The zero-order valence-corrected chi connectivity index (χ0v) is 15.1. The predicted molar refractivity (Wildman–Crippen MR) is 94.7 cm³/mol. The van der Waals surface area contributed by atoms with E-state index in [-0.39, 0.29) is 17.3 Å². The van der Waals surface area contributed by atoms with E-state index in [0.717, 1.165) is 5.56 Å². The standard InChI is InChI=1S/C19H22FNO3S/c1-3-24-12-19(21)17(14-6-8-15(20)9-7-14)18(19)25(22,23)16-10-4-13(2)5-11-16/h4-11,17-18H,3,12,21H2,1-2H3/t17-,18-,19+/m0/s1. The molecular weight excluding hydrogens is 341 g/mol. The number of ether oxygens (including phenoxy) is 1. The van der Waals surface area contributed by atoms with Crippen molar-refractivity contribution < 1.29 is 17.5 Å². The zero-order valence-electron chi connectivity index (χ0n) is 14.3. The Morgan fingerprint density at radius 2 is 1.72 bits per heavy atom. The number of sulfone groups is 1. The average molecular weight is 363 g/mol. The number of hydrogen-bond donors (Lipinski definition) is 1. The van der Waals surface area contributed by atoms with Crippen LogP contribution in [0.25, 0.3) is 0 Å². The monoisotopic (exact) mass is 363 g/mol. The third kappa shape index (κ3) is 3.21. The number of hydrogen-bond acceptors (Lipinski definition) is 4. The van der Waals surface area contributed by atoms with Gasteiger partial charge in [0, 0.05) is 12.5 Å². The predicted octanol–water partition coefficient (Wildman–Crippen LogP) is 2.81. The van der Waals surface area contributed by atoms with Crippen LogP contribution in [0.1, 0.15) is 24.0 Å². The molecule has 0 heterocycles. The third-order valence-corrected chi connectivity index (χ3v) is 7.08. The third-order valence-electron chi connectivity index (χ3n) is 4.77. The van der Waals surface area contributed by atoms with E-state index in [0.29, 0.717) is 12.2 Å². The van der Waals surface area contributed by atoms with Crippen molar-refractivity contribution in [3.05, 3.63) is 65.5 Å². The van der Waals surface area contributed by atoms with E-state index in [1.165, 1.54) is 12.1 Å². The lowest BCUT2D eigenvalue weighted by Gasteiger charge is -2.12. The highest BCUT2D eigenvalue weighted by Crippen LogP contribution is 2.55. The second-order valence-electron chi connectivity index (χ2n) is 6.56. The van der Waals surface area contributed by atoms with E-state index in [1.807, 2.05) is 13.8 Å². The number of benzene rings is 2. The van der Waals surface area contributed by atoms with Crippen molar-refractivity contribution in [2.24, 2.45) is 5.73 Å². The zero-order chi connectivity index (χ0) is 18.2. The number of nitrogens with two attached hydrogens (primary N) is 1. The molecule has 0 aliphatic heterocycles. The van der Waals surface area contributed by atoms with Crippen molar-refractivity contribution in [2.75, 3.05) is 13.2 Å². The van der Waals surface area contributed by atoms with Crippen LogP contribution < -0.4 is 5.73 Å². The Bertz CT molecular complexity index is 849. The lowest BCUT2D eigenvalue weighted by molar-refractivity contribution is 0.125. The summed E-state index contributed by atoms with van der Waals surface area (Å²) in [6.07, 6.45) is 0. The average Bonchev–Trinajstić information content (AvgIpc) is 3.21. The Morgan fingerprint density at radius 1 is 1.12 bits per heavy atom. The van der Waals surface area contributed by atoms with Crippen LogP contribution in [0.3, 0.4) is 0 Å². The van der Waals surface area contributed by atoms with Gasteiger partial charge < -0.3 is 10.5 Å². The first-order valence-electron chi connectivity index (χ1n) is 8.23. The molecule has 4 nitrogen and oxygen atoms in total. The molecule has 0 bridgehead atoms. The highest BCUT2D eigenvalue weighted by Gasteiger charge is 2.69. The summed E-state index contributed by atoms with van der Waals surface area (Å²) in [5.74, 6) is -0.791. The summed E-state index contributed by atoms with van der Waals surface area (Å²) in [6, 6.07) is 12.6. The molecule has 2 aromatic rings. The molecular formula is C19H22FNO3S. The van der Waals surface area contributed by atoms with Crippen LogP contribution in [0, 0.1) is 12.7 Å². The molecule has 3 rings (SSSR count). The summed E-state index contributed by atoms with van der Waals surface area (Å²) < 4.78 is 44.9. The van der Waals surface area contributed by atoms with Crippen molar-refractivity contribution in [3.63, 3.8) is 0 Å². The summed E-state index contributed by atoms with van der Waals surface area (Å²) in [5.41, 5.74) is 7.13. The molecule has 2 N–H and O–H groups in total. The Balaban J connectivity index is 1.99. The van der Waals surface area contributed by atoms with Gasteiger partial charge in [-0.15, -0.1) is 0 Å². The maximum atomic E-state index is 13.2. The van der Waals surface area contributed by atoms with Gasteiger partial charge in [0.1, 0.15) is 5.82 Å². The fraction of sp³-hybridized carbons (Fsp3) is 0.368. The molecule has 1 saturated carbocycles. The second kappa shape index (κ2) is 6.52. The Morgan fingerprint density at radius 3 is 2.28 bits per heavy atom. The normalized spacial score (nSPS) is 25.8.